The number of nitrogens with zero attached hydrogens (tertiary/aromatic N) is 1. The van der Waals surface area contributed by atoms with Crippen LogP contribution < -0.4 is 0 Å². The molecule has 2 rings (SSSR count). The van der Waals surface area contributed by atoms with Crippen LogP contribution >= 0.6 is 0 Å². The van der Waals surface area contributed by atoms with E-state index in [0.29, 0.717) is 6.42 Å². The fraction of sp³-hybridized carbons (Fsp3) is 0.625. The van der Waals surface area contributed by atoms with Crippen molar-refractivity contribution in [1.82, 2.24) is 0 Å². The number of hydrogen-bond donors (Lipinski definition) is 0. The summed E-state index contributed by atoms with van der Waals surface area (Å²) in [5, 5.41) is 8.46. The number of fused-ring (bicyclic) bond motifs is 2. The van der Waals surface area contributed by atoms with Crippen LogP contribution in [0.5, 0.6) is 0 Å². The first-order chi connectivity index (χ1) is 5.16. The minimum absolute atomic E-state index is 0.194. The Morgan fingerprint density at radius 1 is 1.45 bits per heavy atom. The van der Waals surface area contributed by atoms with Gasteiger partial charge in [-0.2, -0.15) is 5.26 Å². The van der Waals surface area contributed by atoms with E-state index < -0.39 is 17.8 Å². The van der Waals surface area contributed by atoms with Crippen molar-refractivity contribution in [2.75, 3.05) is 0 Å². The Labute approximate surface area is 63.3 Å². The Kier molecular flexibility index (Phi) is 1.12. The normalized spacial score (nSPS) is 44.3. The fourth-order valence-electron chi connectivity index (χ4n) is 1.96. The van der Waals surface area contributed by atoms with Crippen LogP contribution in [0.3, 0.4) is 0 Å². The van der Waals surface area contributed by atoms with Crippen molar-refractivity contribution in [3.63, 3.8) is 0 Å². The summed E-state index contributed by atoms with van der Waals surface area (Å²) in [6, 6.07) is 1.68. The highest BCUT2D eigenvalue weighted by Crippen LogP contribution is 2.53. The molecule has 0 aromatic carbocycles. The summed E-state index contributed by atoms with van der Waals surface area (Å²) in [6.07, 6.45) is 3.75. The van der Waals surface area contributed by atoms with E-state index in [0.717, 1.165) is 0 Å². The molecule has 1 fully saturated rings. The van der Waals surface area contributed by atoms with E-state index in [4.69, 9.17) is 5.26 Å². The van der Waals surface area contributed by atoms with E-state index in [1.807, 2.05) is 0 Å². The Morgan fingerprint density at radius 3 is 2.55 bits per heavy atom. The van der Waals surface area contributed by atoms with Gasteiger partial charge in [-0.1, -0.05) is 12.2 Å². The second-order valence-electron chi connectivity index (χ2n) is 3.17. The highest BCUT2D eigenvalue weighted by molar-refractivity contribution is 5.21. The summed E-state index contributed by atoms with van der Waals surface area (Å²) in [4.78, 5) is 0. The van der Waals surface area contributed by atoms with Crippen LogP contribution in [0.15, 0.2) is 12.2 Å². The predicted octanol–water partition coefficient (Wildman–Crippen LogP) is 1.97. The molecule has 3 atom stereocenters. The van der Waals surface area contributed by atoms with Crippen molar-refractivity contribution >= 4 is 0 Å². The molecule has 0 aromatic rings. The first-order valence-electron chi connectivity index (χ1n) is 3.62. The maximum Gasteiger partial charge on any atom is 0.270 e. The summed E-state index contributed by atoms with van der Waals surface area (Å²) in [6.45, 7) is 0. The van der Waals surface area contributed by atoms with Crippen molar-refractivity contribution in [3.8, 4) is 6.07 Å². The smallest absolute Gasteiger partial charge is 0.205 e. The third-order valence-corrected chi connectivity index (χ3v) is 2.59. The molecule has 0 amide bonds. The van der Waals surface area contributed by atoms with Gasteiger partial charge in [0.2, 0.25) is 0 Å². The SMILES string of the molecule is N#CC1C2C=CC(C2)C1(F)F. The molecule has 2 aliphatic rings. The molecule has 58 valence electrons. The molecular formula is C8H7F2N. The summed E-state index contributed by atoms with van der Waals surface area (Å²) in [5.41, 5.74) is 0. The average molecular weight is 155 g/mol. The van der Waals surface area contributed by atoms with Gasteiger partial charge in [0.1, 0.15) is 5.92 Å². The third kappa shape index (κ3) is 0.671. The number of rotatable bonds is 0. The minimum atomic E-state index is -2.77. The first-order valence-corrected chi connectivity index (χ1v) is 3.62. The van der Waals surface area contributed by atoms with Crippen molar-refractivity contribution in [2.24, 2.45) is 17.8 Å². The van der Waals surface area contributed by atoms with Gasteiger partial charge in [0, 0.05) is 5.92 Å². The molecule has 0 N–H and O–H groups in total. The van der Waals surface area contributed by atoms with Crippen LogP contribution in [0, 0.1) is 29.1 Å². The Hall–Kier alpha value is -0.910. The second kappa shape index (κ2) is 1.82. The lowest BCUT2D eigenvalue weighted by atomic mass is 9.92. The summed E-state index contributed by atoms with van der Waals surface area (Å²) in [7, 11) is 0. The van der Waals surface area contributed by atoms with Gasteiger partial charge >= 0.3 is 0 Å². The lowest BCUT2D eigenvalue weighted by Crippen LogP contribution is -2.31. The second-order valence-corrected chi connectivity index (χ2v) is 3.17. The molecule has 3 unspecified atom stereocenters. The van der Waals surface area contributed by atoms with Crippen molar-refractivity contribution in [1.29, 1.82) is 5.26 Å². The van der Waals surface area contributed by atoms with E-state index in [9.17, 15) is 8.78 Å². The van der Waals surface area contributed by atoms with Crippen LogP contribution in [0.2, 0.25) is 0 Å². The molecule has 1 saturated carbocycles. The van der Waals surface area contributed by atoms with Crippen LogP contribution in [0.1, 0.15) is 6.42 Å². The van der Waals surface area contributed by atoms with Crippen molar-refractivity contribution in [2.45, 2.75) is 12.3 Å². The molecule has 0 saturated heterocycles. The van der Waals surface area contributed by atoms with Crippen LogP contribution in [0.25, 0.3) is 0 Å². The molecule has 3 heteroatoms. The molecule has 1 nitrogen and oxygen atoms in total. The molecule has 0 aliphatic heterocycles. The van der Waals surface area contributed by atoms with Crippen molar-refractivity contribution < 1.29 is 8.78 Å². The topological polar surface area (TPSA) is 23.8 Å². The molecule has 0 spiro atoms. The Balaban J connectivity index is 2.38. The fourth-order valence-corrected chi connectivity index (χ4v) is 1.96. The van der Waals surface area contributed by atoms with E-state index in [2.05, 4.69) is 0 Å². The lowest BCUT2D eigenvalue weighted by Gasteiger charge is -2.21. The molecule has 2 bridgehead atoms. The van der Waals surface area contributed by atoms with Gasteiger partial charge in [0.15, 0.2) is 0 Å². The van der Waals surface area contributed by atoms with Gasteiger partial charge in [0.25, 0.3) is 5.92 Å². The van der Waals surface area contributed by atoms with Crippen molar-refractivity contribution in [3.05, 3.63) is 12.2 Å². The van der Waals surface area contributed by atoms with E-state index in [-0.39, 0.29) is 5.92 Å². The third-order valence-electron chi connectivity index (χ3n) is 2.59. The van der Waals surface area contributed by atoms with Gasteiger partial charge in [-0.25, -0.2) is 8.78 Å². The van der Waals surface area contributed by atoms with Gasteiger partial charge in [-0.15, -0.1) is 0 Å². The molecule has 0 heterocycles. The summed E-state index contributed by atoms with van der Waals surface area (Å²) in [5.74, 6) is -4.71. The molecule has 11 heavy (non-hydrogen) atoms. The number of alkyl halides is 2. The van der Waals surface area contributed by atoms with Gasteiger partial charge < -0.3 is 0 Å². The highest BCUT2D eigenvalue weighted by atomic mass is 19.3. The predicted molar refractivity (Wildman–Crippen MR) is 34.8 cm³/mol. The number of allylic oxidation sites excluding steroid dienone is 2. The first kappa shape index (κ1) is 6.78. The number of halogens is 2. The minimum Gasteiger partial charge on any atom is -0.205 e. The van der Waals surface area contributed by atoms with Crippen LogP contribution in [-0.4, -0.2) is 5.92 Å². The monoisotopic (exact) mass is 155 g/mol. The Bertz CT molecular complexity index is 251. The quantitative estimate of drug-likeness (QED) is 0.490. The van der Waals surface area contributed by atoms with E-state index in [1.54, 1.807) is 18.2 Å². The zero-order valence-electron chi connectivity index (χ0n) is 5.80. The number of nitriles is 1. The summed E-state index contributed by atoms with van der Waals surface area (Å²) < 4.78 is 26.1. The molecular weight excluding hydrogens is 148 g/mol. The zero-order chi connectivity index (χ0) is 8.06. The standard InChI is InChI=1S/C8H7F2N/c9-8(10)6-2-1-5(3-6)7(8)4-11/h1-2,5-7H,3H2. The summed E-state index contributed by atoms with van der Waals surface area (Å²) >= 11 is 0. The number of hydrogen-bond acceptors (Lipinski definition) is 1. The molecule has 0 aromatic heterocycles. The van der Waals surface area contributed by atoms with Crippen LogP contribution in [0.4, 0.5) is 8.78 Å². The average Bonchev–Trinajstić information content (AvgIpc) is 2.44. The molecule has 0 radical (unpaired) electrons. The van der Waals surface area contributed by atoms with Gasteiger partial charge in [0.05, 0.1) is 6.07 Å². The Morgan fingerprint density at radius 2 is 2.18 bits per heavy atom. The van der Waals surface area contributed by atoms with E-state index >= 15 is 0 Å². The molecule has 2 aliphatic carbocycles. The van der Waals surface area contributed by atoms with Gasteiger partial charge in [-0.3, -0.25) is 0 Å². The largest absolute Gasteiger partial charge is 0.270 e. The lowest BCUT2D eigenvalue weighted by molar-refractivity contribution is -0.0510. The maximum absolute atomic E-state index is 13.0. The zero-order valence-corrected chi connectivity index (χ0v) is 5.80. The maximum atomic E-state index is 13.0. The highest BCUT2D eigenvalue weighted by Gasteiger charge is 2.58. The van der Waals surface area contributed by atoms with E-state index in [1.165, 1.54) is 0 Å². The van der Waals surface area contributed by atoms with Crippen LogP contribution in [-0.2, 0) is 0 Å². The van der Waals surface area contributed by atoms with Gasteiger partial charge in [-0.05, 0) is 12.3 Å².